The molecule has 2 aromatic carbocycles. The van der Waals surface area contributed by atoms with Gasteiger partial charge in [0.15, 0.2) is 0 Å². The molecule has 1 aliphatic rings. The first-order valence-corrected chi connectivity index (χ1v) is 11.0. The lowest BCUT2D eigenvalue weighted by atomic mass is 9.64. The second kappa shape index (κ2) is 7.52. The Bertz CT molecular complexity index is 969. The summed E-state index contributed by atoms with van der Waals surface area (Å²) in [5.41, 5.74) is 2.28. The van der Waals surface area contributed by atoms with E-state index in [1.165, 1.54) is 0 Å². The zero-order valence-corrected chi connectivity index (χ0v) is 17.0. The van der Waals surface area contributed by atoms with Gasteiger partial charge in [0.1, 0.15) is 0 Å². The van der Waals surface area contributed by atoms with Crippen molar-refractivity contribution in [3.05, 3.63) is 58.6 Å². The molecule has 7 heteroatoms. The fraction of sp³-hybridized carbons (Fsp3) is 0.350. The van der Waals surface area contributed by atoms with Crippen LogP contribution in [0.2, 0.25) is 5.02 Å². The third kappa shape index (κ3) is 4.12. The Labute approximate surface area is 165 Å². The zero-order chi connectivity index (χ0) is 19.7. The van der Waals surface area contributed by atoms with E-state index in [0.717, 1.165) is 30.4 Å². The van der Waals surface area contributed by atoms with Crippen molar-refractivity contribution in [2.24, 2.45) is 0 Å². The van der Waals surface area contributed by atoms with E-state index in [4.69, 9.17) is 11.6 Å². The predicted molar refractivity (Wildman–Crippen MR) is 110 cm³/mol. The Morgan fingerprint density at radius 2 is 1.93 bits per heavy atom. The molecule has 1 saturated carbocycles. The van der Waals surface area contributed by atoms with E-state index in [1.807, 2.05) is 18.2 Å². The summed E-state index contributed by atoms with van der Waals surface area (Å²) in [4.78, 5) is 13.0. The molecule has 0 atom stereocenters. The standard InChI is InChI=1S/C20H23ClN2O3S/c1-3-27(25,26)23-18-9-8-17(12-14(18)2)22-19(24)20(10-5-11-20)15-6-4-7-16(21)13-15/h4,6-9,12-13,23H,3,5,10-11H2,1-2H3,(H,22,24). The number of carbonyl (C=O) groups is 1. The van der Waals surface area contributed by atoms with Crippen LogP contribution >= 0.6 is 11.6 Å². The van der Waals surface area contributed by atoms with Crippen LogP contribution in [0, 0.1) is 6.92 Å². The molecule has 0 spiro atoms. The van der Waals surface area contributed by atoms with Gasteiger partial charge in [-0.25, -0.2) is 8.42 Å². The fourth-order valence-electron chi connectivity index (χ4n) is 3.31. The van der Waals surface area contributed by atoms with Crippen molar-refractivity contribution in [2.45, 2.75) is 38.5 Å². The van der Waals surface area contributed by atoms with Crippen LogP contribution in [0.15, 0.2) is 42.5 Å². The van der Waals surface area contributed by atoms with Gasteiger partial charge in [0.2, 0.25) is 15.9 Å². The van der Waals surface area contributed by atoms with Gasteiger partial charge in [0.05, 0.1) is 16.9 Å². The minimum atomic E-state index is -3.34. The number of hydrogen-bond donors (Lipinski definition) is 2. The Morgan fingerprint density at radius 1 is 1.19 bits per heavy atom. The van der Waals surface area contributed by atoms with Crippen LogP contribution in [0.4, 0.5) is 11.4 Å². The third-order valence-electron chi connectivity index (χ3n) is 5.15. The van der Waals surface area contributed by atoms with Crippen LogP contribution in [0.5, 0.6) is 0 Å². The van der Waals surface area contributed by atoms with Crippen molar-refractivity contribution in [1.29, 1.82) is 0 Å². The molecule has 0 aromatic heterocycles. The molecule has 0 unspecified atom stereocenters. The molecule has 1 fully saturated rings. The third-order valence-corrected chi connectivity index (χ3v) is 6.67. The van der Waals surface area contributed by atoms with Crippen molar-refractivity contribution in [3.8, 4) is 0 Å². The van der Waals surface area contributed by atoms with Crippen molar-refractivity contribution in [3.63, 3.8) is 0 Å². The first-order chi connectivity index (χ1) is 12.8. The highest BCUT2D eigenvalue weighted by atomic mass is 35.5. The normalized spacial score (nSPS) is 15.7. The number of carbonyl (C=O) groups excluding carboxylic acids is 1. The van der Waals surface area contributed by atoms with Crippen LogP contribution in [0.3, 0.4) is 0 Å². The fourth-order valence-corrected chi connectivity index (χ4v) is 4.21. The van der Waals surface area contributed by atoms with E-state index in [0.29, 0.717) is 16.4 Å². The van der Waals surface area contributed by atoms with Crippen LogP contribution in [0.25, 0.3) is 0 Å². The van der Waals surface area contributed by atoms with Crippen molar-refractivity contribution < 1.29 is 13.2 Å². The molecule has 144 valence electrons. The summed E-state index contributed by atoms with van der Waals surface area (Å²) >= 11 is 6.11. The summed E-state index contributed by atoms with van der Waals surface area (Å²) in [6, 6.07) is 12.6. The average molecular weight is 407 g/mol. The van der Waals surface area contributed by atoms with Gasteiger partial charge in [-0.2, -0.15) is 0 Å². The lowest BCUT2D eigenvalue weighted by Crippen LogP contribution is -2.46. The first-order valence-electron chi connectivity index (χ1n) is 8.94. The van der Waals surface area contributed by atoms with E-state index in [-0.39, 0.29) is 11.7 Å². The number of rotatable bonds is 6. The van der Waals surface area contributed by atoms with Crippen molar-refractivity contribution in [2.75, 3.05) is 15.8 Å². The Morgan fingerprint density at radius 3 is 2.48 bits per heavy atom. The second-order valence-electron chi connectivity index (χ2n) is 6.94. The zero-order valence-electron chi connectivity index (χ0n) is 15.4. The molecule has 1 amide bonds. The van der Waals surface area contributed by atoms with Crippen LogP contribution in [-0.4, -0.2) is 20.1 Å². The number of amides is 1. The molecule has 0 bridgehead atoms. The Balaban J connectivity index is 1.80. The summed E-state index contributed by atoms with van der Waals surface area (Å²) in [6.45, 7) is 3.39. The number of halogens is 1. The highest BCUT2D eigenvalue weighted by Crippen LogP contribution is 2.45. The smallest absolute Gasteiger partial charge is 0.235 e. The highest BCUT2D eigenvalue weighted by molar-refractivity contribution is 7.92. The summed E-state index contributed by atoms with van der Waals surface area (Å²) in [7, 11) is -3.34. The number of hydrogen-bond acceptors (Lipinski definition) is 3. The maximum atomic E-state index is 13.0. The Hall–Kier alpha value is -2.05. The number of sulfonamides is 1. The SMILES string of the molecule is CCS(=O)(=O)Nc1ccc(NC(=O)C2(c3cccc(Cl)c3)CCC2)cc1C. The van der Waals surface area contributed by atoms with Gasteiger partial charge in [-0.05, 0) is 68.1 Å². The molecule has 27 heavy (non-hydrogen) atoms. The highest BCUT2D eigenvalue weighted by Gasteiger charge is 2.45. The van der Waals surface area contributed by atoms with Crippen molar-refractivity contribution >= 4 is 38.9 Å². The van der Waals surface area contributed by atoms with Crippen molar-refractivity contribution in [1.82, 2.24) is 0 Å². The monoisotopic (exact) mass is 406 g/mol. The minimum absolute atomic E-state index is 0.00703. The van der Waals surface area contributed by atoms with Crippen LogP contribution in [0.1, 0.15) is 37.3 Å². The maximum Gasteiger partial charge on any atom is 0.235 e. The van der Waals surface area contributed by atoms with Gasteiger partial charge >= 0.3 is 0 Å². The molecule has 0 saturated heterocycles. The molecule has 0 radical (unpaired) electrons. The number of aryl methyl sites for hydroxylation is 1. The van der Waals surface area contributed by atoms with E-state index in [9.17, 15) is 13.2 Å². The van der Waals surface area contributed by atoms with Gasteiger partial charge < -0.3 is 5.32 Å². The molecule has 1 aliphatic carbocycles. The average Bonchev–Trinajstić information content (AvgIpc) is 2.56. The van der Waals surface area contributed by atoms with Gasteiger partial charge in [0, 0.05) is 10.7 Å². The van der Waals surface area contributed by atoms with Gasteiger partial charge in [-0.3, -0.25) is 9.52 Å². The van der Waals surface area contributed by atoms with Crippen LogP contribution < -0.4 is 10.0 Å². The molecular formula is C20H23ClN2O3S. The molecule has 5 nitrogen and oxygen atoms in total. The topological polar surface area (TPSA) is 75.3 Å². The Kier molecular flexibility index (Phi) is 5.49. The summed E-state index contributed by atoms with van der Waals surface area (Å²) in [6.07, 6.45) is 2.57. The number of nitrogens with one attached hydrogen (secondary N) is 2. The van der Waals surface area contributed by atoms with Crippen LogP contribution in [-0.2, 0) is 20.2 Å². The number of anilines is 2. The summed E-state index contributed by atoms with van der Waals surface area (Å²) in [5, 5.41) is 3.61. The molecule has 2 N–H and O–H groups in total. The summed E-state index contributed by atoms with van der Waals surface area (Å²) in [5.74, 6) is -0.0510. The van der Waals surface area contributed by atoms with Gasteiger partial charge in [-0.1, -0.05) is 30.2 Å². The largest absolute Gasteiger partial charge is 0.325 e. The van der Waals surface area contributed by atoms with Gasteiger partial charge in [-0.15, -0.1) is 0 Å². The van der Waals surface area contributed by atoms with E-state index in [1.54, 1.807) is 38.1 Å². The quantitative estimate of drug-likeness (QED) is 0.743. The number of benzene rings is 2. The molecular weight excluding hydrogens is 384 g/mol. The molecule has 2 aromatic rings. The van der Waals surface area contributed by atoms with E-state index in [2.05, 4.69) is 10.0 Å². The summed E-state index contributed by atoms with van der Waals surface area (Å²) < 4.78 is 26.1. The predicted octanol–water partition coefficient (Wildman–Crippen LogP) is 4.47. The first kappa shape index (κ1) is 19.7. The maximum absolute atomic E-state index is 13.0. The van der Waals surface area contributed by atoms with E-state index < -0.39 is 15.4 Å². The lowest BCUT2D eigenvalue weighted by molar-refractivity contribution is -0.124. The molecule has 0 heterocycles. The second-order valence-corrected chi connectivity index (χ2v) is 9.38. The van der Waals surface area contributed by atoms with E-state index >= 15 is 0 Å². The van der Waals surface area contributed by atoms with Gasteiger partial charge in [0.25, 0.3) is 0 Å². The molecule has 0 aliphatic heterocycles. The minimum Gasteiger partial charge on any atom is -0.325 e. The molecule has 3 rings (SSSR count). The lowest BCUT2D eigenvalue weighted by Gasteiger charge is -2.40.